The van der Waals surface area contributed by atoms with Crippen molar-refractivity contribution in [2.45, 2.75) is 12.8 Å². The molecule has 24 heavy (non-hydrogen) atoms. The van der Waals surface area contributed by atoms with Crippen LogP contribution in [0.25, 0.3) is 0 Å². The van der Waals surface area contributed by atoms with E-state index in [1.54, 1.807) is 12.2 Å². The standard InChI is InChI=1S/C22H23FO/c1-6-13-18(7-2)22(20-14-11-10-12-15-20)17(5)16-19(8-3)21(9-4)24-23/h6-16,22H,1-4H2,5H3/b17-16+,18-13+,21-19+. The van der Waals surface area contributed by atoms with Crippen molar-refractivity contribution in [1.82, 2.24) is 0 Å². The number of hydrogen-bond donors (Lipinski definition) is 0. The molecule has 1 nitrogen and oxygen atoms in total. The lowest BCUT2D eigenvalue weighted by atomic mass is 9.84. The van der Waals surface area contributed by atoms with Crippen molar-refractivity contribution in [3.63, 3.8) is 0 Å². The molecule has 1 rings (SSSR count). The maximum atomic E-state index is 12.7. The van der Waals surface area contributed by atoms with Gasteiger partial charge < -0.3 is 0 Å². The van der Waals surface area contributed by atoms with Gasteiger partial charge in [0.25, 0.3) is 0 Å². The van der Waals surface area contributed by atoms with Gasteiger partial charge in [0.2, 0.25) is 0 Å². The van der Waals surface area contributed by atoms with Crippen LogP contribution in [0.5, 0.6) is 0 Å². The Hall–Kier alpha value is -2.87. The third kappa shape index (κ3) is 4.82. The van der Waals surface area contributed by atoms with Crippen molar-refractivity contribution in [2.75, 3.05) is 0 Å². The molecule has 0 aliphatic rings. The van der Waals surface area contributed by atoms with Gasteiger partial charge in [-0.15, -0.1) is 0 Å². The molecule has 0 aliphatic carbocycles. The highest BCUT2D eigenvalue weighted by atomic mass is 19.3. The van der Waals surface area contributed by atoms with Crippen molar-refractivity contribution in [3.05, 3.63) is 121 Å². The minimum absolute atomic E-state index is 0.0315. The van der Waals surface area contributed by atoms with Gasteiger partial charge in [-0.3, -0.25) is 4.94 Å². The lowest BCUT2D eigenvalue weighted by Gasteiger charge is -2.20. The normalized spacial score (nSPS) is 14.2. The number of benzene rings is 1. The van der Waals surface area contributed by atoms with E-state index < -0.39 is 0 Å². The summed E-state index contributed by atoms with van der Waals surface area (Å²) in [6, 6.07) is 10.0. The maximum Gasteiger partial charge on any atom is 0.178 e. The van der Waals surface area contributed by atoms with Crippen LogP contribution >= 0.6 is 0 Å². The van der Waals surface area contributed by atoms with E-state index >= 15 is 0 Å². The van der Waals surface area contributed by atoms with Crippen LogP contribution in [-0.4, -0.2) is 0 Å². The molecule has 0 fully saturated rings. The summed E-state index contributed by atoms with van der Waals surface area (Å²) in [5, 5.41) is 0. The van der Waals surface area contributed by atoms with E-state index in [1.165, 1.54) is 12.2 Å². The lowest BCUT2D eigenvalue weighted by Crippen LogP contribution is -2.04. The highest BCUT2D eigenvalue weighted by Gasteiger charge is 2.17. The van der Waals surface area contributed by atoms with Gasteiger partial charge in [-0.05, 0) is 24.1 Å². The van der Waals surface area contributed by atoms with Crippen molar-refractivity contribution in [2.24, 2.45) is 0 Å². The fraction of sp³-hybridized carbons (Fsp3) is 0.0909. The Balaban J connectivity index is 3.51. The summed E-state index contributed by atoms with van der Waals surface area (Å²) in [4.78, 5) is 3.87. The van der Waals surface area contributed by atoms with Crippen molar-refractivity contribution in [3.8, 4) is 0 Å². The first kappa shape index (κ1) is 19.2. The third-order valence-corrected chi connectivity index (χ3v) is 3.62. The molecule has 0 aliphatic heterocycles. The second-order valence-electron chi connectivity index (χ2n) is 5.14. The fourth-order valence-corrected chi connectivity index (χ4v) is 2.54. The molecule has 1 aromatic rings. The summed E-state index contributed by atoms with van der Waals surface area (Å²) in [5.41, 5.74) is 3.60. The highest BCUT2D eigenvalue weighted by Crippen LogP contribution is 2.33. The molecule has 0 amide bonds. The Morgan fingerprint density at radius 3 is 2.17 bits per heavy atom. The summed E-state index contributed by atoms with van der Waals surface area (Å²) in [5.74, 6) is -0.00802. The molecule has 0 N–H and O–H groups in total. The number of allylic oxidation sites excluding steroid dienone is 9. The van der Waals surface area contributed by atoms with E-state index in [0.717, 1.165) is 16.7 Å². The van der Waals surface area contributed by atoms with Crippen LogP contribution in [0.3, 0.4) is 0 Å². The minimum Gasteiger partial charge on any atom is -0.294 e. The summed E-state index contributed by atoms with van der Waals surface area (Å²) in [6.45, 7) is 16.9. The Morgan fingerprint density at radius 2 is 1.71 bits per heavy atom. The van der Waals surface area contributed by atoms with Crippen LogP contribution in [0.15, 0.2) is 116 Å². The highest BCUT2D eigenvalue weighted by molar-refractivity contribution is 5.47. The van der Waals surface area contributed by atoms with Crippen LogP contribution in [0.1, 0.15) is 18.4 Å². The van der Waals surface area contributed by atoms with Gasteiger partial charge in [0.15, 0.2) is 5.76 Å². The van der Waals surface area contributed by atoms with Gasteiger partial charge >= 0.3 is 0 Å². The molecule has 0 radical (unpaired) electrons. The van der Waals surface area contributed by atoms with Gasteiger partial charge in [-0.2, -0.15) is 0 Å². The lowest BCUT2D eigenvalue weighted by molar-refractivity contribution is -0.0772. The van der Waals surface area contributed by atoms with Crippen molar-refractivity contribution < 1.29 is 9.47 Å². The van der Waals surface area contributed by atoms with E-state index in [9.17, 15) is 4.53 Å². The summed E-state index contributed by atoms with van der Waals surface area (Å²) in [6.07, 6.45) is 10.1. The predicted molar refractivity (Wildman–Crippen MR) is 101 cm³/mol. The molecule has 2 heteroatoms. The Morgan fingerprint density at radius 1 is 1.04 bits per heavy atom. The maximum absolute atomic E-state index is 12.7. The smallest absolute Gasteiger partial charge is 0.178 e. The molecule has 1 atom stereocenters. The summed E-state index contributed by atoms with van der Waals surface area (Å²) in [7, 11) is 0. The van der Waals surface area contributed by atoms with Crippen LogP contribution < -0.4 is 0 Å². The van der Waals surface area contributed by atoms with E-state index in [1.807, 2.05) is 49.4 Å². The molecule has 0 saturated heterocycles. The first-order chi connectivity index (χ1) is 11.6. The number of hydrogen-bond acceptors (Lipinski definition) is 1. The molecule has 0 spiro atoms. The van der Waals surface area contributed by atoms with Crippen LogP contribution in [0.2, 0.25) is 0 Å². The van der Waals surface area contributed by atoms with Crippen LogP contribution in [0.4, 0.5) is 4.53 Å². The molecule has 0 heterocycles. The number of halogens is 1. The largest absolute Gasteiger partial charge is 0.294 e. The van der Waals surface area contributed by atoms with E-state index in [0.29, 0.717) is 5.57 Å². The molecule has 1 aromatic carbocycles. The Bertz CT molecular complexity index is 690. The van der Waals surface area contributed by atoms with E-state index in [2.05, 4.69) is 31.3 Å². The first-order valence-electron chi connectivity index (χ1n) is 7.58. The van der Waals surface area contributed by atoms with Crippen molar-refractivity contribution >= 4 is 0 Å². The second kappa shape index (κ2) is 10.0. The molecule has 0 aromatic heterocycles. The van der Waals surface area contributed by atoms with Crippen LogP contribution in [0, 0.1) is 0 Å². The predicted octanol–water partition coefficient (Wildman–Crippen LogP) is 6.54. The molecule has 124 valence electrons. The number of rotatable bonds is 9. The van der Waals surface area contributed by atoms with Crippen LogP contribution in [-0.2, 0) is 4.94 Å². The molecule has 0 saturated carbocycles. The summed E-state index contributed by atoms with van der Waals surface area (Å²) >= 11 is 0. The zero-order valence-electron chi connectivity index (χ0n) is 14.0. The summed E-state index contributed by atoms with van der Waals surface area (Å²) < 4.78 is 12.7. The molecular weight excluding hydrogens is 299 g/mol. The molecule has 1 unspecified atom stereocenters. The quantitative estimate of drug-likeness (QED) is 0.370. The Labute approximate surface area is 144 Å². The minimum atomic E-state index is -0.0395. The average molecular weight is 322 g/mol. The van der Waals surface area contributed by atoms with E-state index in [-0.39, 0.29) is 11.7 Å². The van der Waals surface area contributed by atoms with Gasteiger partial charge in [0.05, 0.1) is 0 Å². The van der Waals surface area contributed by atoms with Gasteiger partial charge in [0.1, 0.15) is 0 Å². The van der Waals surface area contributed by atoms with Gasteiger partial charge in [-0.25, -0.2) is 0 Å². The van der Waals surface area contributed by atoms with Crippen molar-refractivity contribution in [1.29, 1.82) is 0 Å². The fourth-order valence-electron chi connectivity index (χ4n) is 2.54. The van der Waals surface area contributed by atoms with E-state index in [4.69, 9.17) is 0 Å². The average Bonchev–Trinajstić information content (AvgIpc) is 2.62. The zero-order valence-corrected chi connectivity index (χ0v) is 14.0. The topological polar surface area (TPSA) is 9.23 Å². The third-order valence-electron chi connectivity index (χ3n) is 3.62. The SMILES string of the molecule is C=C/C=C(\C=C)C(/C(C)=C/C(C=C)=C(\C=C)OF)c1ccccc1. The second-order valence-corrected chi connectivity index (χ2v) is 5.14. The first-order valence-corrected chi connectivity index (χ1v) is 7.58. The van der Waals surface area contributed by atoms with Gasteiger partial charge in [-0.1, -0.05) is 92.6 Å². The van der Waals surface area contributed by atoms with Gasteiger partial charge in [0, 0.05) is 16.0 Å². The molecular formula is C22H23FO. The Kier molecular flexibility index (Phi) is 8.00. The zero-order chi connectivity index (χ0) is 17.9. The molecule has 0 bridgehead atoms. The monoisotopic (exact) mass is 322 g/mol.